The van der Waals surface area contributed by atoms with Crippen molar-refractivity contribution in [3.05, 3.63) is 0 Å². The number of hydrogen-bond acceptors (Lipinski definition) is 3. The molecule has 0 aliphatic rings. The summed E-state index contributed by atoms with van der Waals surface area (Å²) in [5.41, 5.74) is 5.31. The molecule has 3 N–H and O–H groups in total. The topological polar surface area (TPSA) is 66.6 Å². The molecule has 0 heterocycles. The maximum absolute atomic E-state index is 10.8. The molecule has 1 amide bonds. The Morgan fingerprint density at radius 3 is 2.50 bits per heavy atom. The lowest BCUT2D eigenvalue weighted by atomic mass is 10.2. The molecule has 0 saturated carbocycles. The van der Waals surface area contributed by atoms with Crippen LogP contribution in [0.1, 0.15) is 6.42 Å². The van der Waals surface area contributed by atoms with Crippen LogP contribution in [-0.2, 0) is 4.79 Å². The Bertz CT molecular complexity index is 114. The van der Waals surface area contributed by atoms with Gasteiger partial charge in [0.15, 0.2) is 0 Å². The fourth-order valence-electron chi connectivity index (χ4n) is 0.471. The van der Waals surface area contributed by atoms with E-state index in [-0.39, 0.29) is 18.9 Å². The fourth-order valence-corrected chi connectivity index (χ4v) is 0.471. The van der Waals surface area contributed by atoms with Crippen LogP contribution in [0.3, 0.4) is 0 Å². The van der Waals surface area contributed by atoms with Crippen LogP contribution in [0.15, 0.2) is 0 Å². The van der Waals surface area contributed by atoms with Gasteiger partial charge in [0, 0.05) is 26.6 Å². The third-order valence-corrected chi connectivity index (χ3v) is 1.17. The quantitative estimate of drug-likeness (QED) is 0.524. The van der Waals surface area contributed by atoms with Crippen LogP contribution in [0.5, 0.6) is 0 Å². The van der Waals surface area contributed by atoms with Crippen molar-refractivity contribution in [3.8, 4) is 0 Å². The molecular formula is C6H14N2O2. The predicted molar refractivity (Wildman–Crippen MR) is 38.4 cm³/mol. The third kappa shape index (κ3) is 3.42. The number of aliphatic hydroxyl groups excluding tert-OH is 1. The molecule has 0 fully saturated rings. The molecule has 60 valence electrons. The zero-order valence-corrected chi connectivity index (χ0v) is 6.37. The van der Waals surface area contributed by atoms with E-state index in [1.165, 1.54) is 4.90 Å². The zero-order chi connectivity index (χ0) is 8.15. The minimum absolute atomic E-state index is 0.0541. The summed E-state index contributed by atoms with van der Waals surface area (Å²) in [6.45, 7) is -0.139. The maximum Gasteiger partial charge on any atom is 0.223 e. The Balaban J connectivity index is 3.57. The summed E-state index contributed by atoms with van der Waals surface area (Å²) in [6, 6.07) is -0.421. The van der Waals surface area contributed by atoms with Gasteiger partial charge in [-0.25, -0.2) is 0 Å². The SMILES string of the molecule is CN(C)C(=O)CC(N)CO. The molecule has 1 atom stereocenters. The lowest BCUT2D eigenvalue weighted by Gasteiger charge is -2.12. The smallest absolute Gasteiger partial charge is 0.223 e. The molecule has 10 heavy (non-hydrogen) atoms. The highest BCUT2D eigenvalue weighted by molar-refractivity contribution is 5.76. The van der Waals surface area contributed by atoms with Gasteiger partial charge in [-0.3, -0.25) is 4.79 Å². The van der Waals surface area contributed by atoms with E-state index in [0.717, 1.165) is 0 Å². The second kappa shape index (κ2) is 4.24. The zero-order valence-electron chi connectivity index (χ0n) is 6.37. The van der Waals surface area contributed by atoms with Gasteiger partial charge in [0.2, 0.25) is 5.91 Å². The summed E-state index contributed by atoms with van der Waals surface area (Å²) in [6.07, 6.45) is 0.212. The van der Waals surface area contributed by atoms with E-state index in [9.17, 15) is 4.79 Å². The molecule has 0 rings (SSSR count). The molecule has 0 aromatic heterocycles. The molecule has 0 aromatic rings. The molecule has 0 radical (unpaired) electrons. The van der Waals surface area contributed by atoms with E-state index in [1.807, 2.05) is 0 Å². The van der Waals surface area contributed by atoms with Crippen LogP contribution in [0, 0.1) is 0 Å². The highest BCUT2D eigenvalue weighted by Crippen LogP contribution is 1.90. The van der Waals surface area contributed by atoms with Gasteiger partial charge in [0.05, 0.1) is 6.61 Å². The largest absolute Gasteiger partial charge is 0.395 e. The van der Waals surface area contributed by atoms with Crippen LogP contribution in [0.4, 0.5) is 0 Å². The number of aliphatic hydroxyl groups is 1. The maximum atomic E-state index is 10.8. The molecule has 1 unspecified atom stereocenters. The first kappa shape index (κ1) is 9.39. The van der Waals surface area contributed by atoms with Gasteiger partial charge in [-0.05, 0) is 0 Å². The first-order chi connectivity index (χ1) is 4.57. The van der Waals surface area contributed by atoms with E-state index >= 15 is 0 Å². The Morgan fingerprint density at radius 2 is 2.20 bits per heavy atom. The van der Waals surface area contributed by atoms with Crippen molar-refractivity contribution < 1.29 is 9.90 Å². The number of amides is 1. The van der Waals surface area contributed by atoms with Gasteiger partial charge in [-0.1, -0.05) is 0 Å². The normalized spacial score (nSPS) is 12.8. The average Bonchev–Trinajstić information content (AvgIpc) is 1.87. The first-order valence-corrected chi connectivity index (χ1v) is 3.14. The molecular weight excluding hydrogens is 132 g/mol. The van der Waals surface area contributed by atoms with Crippen molar-refractivity contribution in [2.24, 2.45) is 5.73 Å². The summed E-state index contributed by atoms with van der Waals surface area (Å²) in [7, 11) is 3.32. The van der Waals surface area contributed by atoms with E-state index < -0.39 is 6.04 Å². The van der Waals surface area contributed by atoms with Gasteiger partial charge >= 0.3 is 0 Å². The van der Waals surface area contributed by atoms with E-state index in [4.69, 9.17) is 10.8 Å². The summed E-state index contributed by atoms with van der Waals surface area (Å²) < 4.78 is 0. The van der Waals surface area contributed by atoms with Gasteiger partial charge in [0.1, 0.15) is 0 Å². The van der Waals surface area contributed by atoms with Crippen molar-refractivity contribution >= 4 is 5.91 Å². The Morgan fingerprint density at radius 1 is 1.70 bits per heavy atom. The highest BCUT2D eigenvalue weighted by Gasteiger charge is 2.08. The van der Waals surface area contributed by atoms with Gasteiger partial charge in [-0.15, -0.1) is 0 Å². The van der Waals surface area contributed by atoms with Crippen LogP contribution in [0.2, 0.25) is 0 Å². The van der Waals surface area contributed by atoms with Crippen LogP contribution >= 0.6 is 0 Å². The summed E-state index contributed by atoms with van der Waals surface area (Å²) in [4.78, 5) is 12.3. The Hall–Kier alpha value is -0.610. The lowest BCUT2D eigenvalue weighted by Crippen LogP contribution is -2.33. The molecule has 0 bridgehead atoms. The number of hydrogen-bond donors (Lipinski definition) is 2. The number of nitrogens with zero attached hydrogens (tertiary/aromatic N) is 1. The van der Waals surface area contributed by atoms with Crippen molar-refractivity contribution in [3.63, 3.8) is 0 Å². The fraction of sp³-hybridized carbons (Fsp3) is 0.833. The van der Waals surface area contributed by atoms with Crippen molar-refractivity contribution in [2.45, 2.75) is 12.5 Å². The summed E-state index contributed by atoms with van der Waals surface area (Å²) >= 11 is 0. The molecule has 0 aromatic carbocycles. The van der Waals surface area contributed by atoms with Gasteiger partial charge in [0.25, 0.3) is 0 Å². The second-order valence-corrected chi connectivity index (χ2v) is 2.43. The molecule has 4 heteroatoms. The van der Waals surface area contributed by atoms with Gasteiger partial charge in [-0.2, -0.15) is 0 Å². The number of rotatable bonds is 3. The summed E-state index contributed by atoms with van der Waals surface area (Å²) in [5, 5.41) is 8.47. The van der Waals surface area contributed by atoms with E-state index in [0.29, 0.717) is 0 Å². The van der Waals surface area contributed by atoms with E-state index in [2.05, 4.69) is 0 Å². The number of carbonyl (C=O) groups excluding carboxylic acids is 1. The number of nitrogens with two attached hydrogens (primary N) is 1. The molecule has 4 nitrogen and oxygen atoms in total. The predicted octanol–water partition coefficient (Wildman–Crippen LogP) is -1.22. The van der Waals surface area contributed by atoms with Crippen molar-refractivity contribution in [2.75, 3.05) is 20.7 Å². The van der Waals surface area contributed by atoms with Gasteiger partial charge < -0.3 is 15.7 Å². The third-order valence-electron chi connectivity index (χ3n) is 1.17. The van der Waals surface area contributed by atoms with Crippen LogP contribution in [0.25, 0.3) is 0 Å². The second-order valence-electron chi connectivity index (χ2n) is 2.43. The molecule has 0 aliphatic carbocycles. The van der Waals surface area contributed by atoms with Crippen LogP contribution < -0.4 is 5.73 Å². The molecule has 0 aliphatic heterocycles. The van der Waals surface area contributed by atoms with Crippen molar-refractivity contribution in [1.82, 2.24) is 4.90 Å². The minimum Gasteiger partial charge on any atom is -0.395 e. The standard InChI is InChI=1S/C6H14N2O2/c1-8(2)6(10)3-5(7)4-9/h5,9H,3-4,7H2,1-2H3. The monoisotopic (exact) mass is 146 g/mol. The Kier molecular flexibility index (Phi) is 3.99. The summed E-state index contributed by atoms with van der Waals surface area (Å²) in [5.74, 6) is -0.0541. The average molecular weight is 146 g/mol. The Labute approximate surface area is 60.6 Å². The number of carbonyl (C=O) groups is 1. The van der Waals surface area contributed by atoms with Crippen LogP contribution in [-0.4, -0.2) is 42.7 Å². The molecule has 0 saturated heterocycles. The molecule has 0 spiro atoms. The lowest BCUT2D eigenvalue weighted by molar-refractivity contribution is -0.129. The highest BCUT2D eigenvalue weighted by atomic mass is 16.3. The first-order valence-electron chi connectivity index (χ1n) is 3.14. The van der Waals surface area contributed by atoms with E-state index in [1.54, 1.807) is 14.1 Å². The minimum atomic E-state index is -0.421. The van der Waals surface area contributed by atoms with Crippen molar-refractivity contribution in [1.29, 1.82) is 0 Å².